The van der Waals surface area contributed by atoms with Crippen molar-refractivity contribution in [2.24, 2.45) is 11.0 Å². The Bertz CT molecular complexity index is 831. The molecule has 0 bridgehead atoms. The van der Waals surface area contributed by atoms with E-state index in [1.807, 2.05) is 6.92 Å². The van der Waals surface area contributed by atoms with E-state index in [1.165, 1.54) is 25.0 Å². The van der Waals surface area contributed by atoms with Crippen molar-refractivity contribution in [3.8, 4) is 5.69 Å². The number of aliphatic hydroxyl groups excluding tert-OH is 1. The fraction of sp³-hybridized carbons (Fsp3) is 0.389. The number of rotatable bonds is 8. The molecule has 3 N–H and O–H groups in total. The van der Waals surface area contributed by atoms with E-state index in [4.69, 9.17) is 17.1 Å². The number of aliphatic hydroxyl groups is 1. The summed E-state index contributed by atoms with van der Waals surface area (Å²) in [4.78, 5) is 0. The average molecular weight is 378 g/mol. The van der Waals surface area contributed by atoms with Crippen LogP contribution in [0.15, 0.2) is 41.3 Å². The summed E-state index contributed by atoms with van der Waals surface area (Å²) in [6.07, 6.45) is 4.22. The summed E-state index contributed by atoms with van der Waals surface area (Å²) in [5.74, 6) is 0.00677. The van der Waals surface area contributed by atoms with Gasteiger partial charge in [0.1, 0.15) is 5.82 Å². The van der Waals surface area contributed by atoms with Crippen LogP contribution >= 0.6 is 11.6 Å². The zero-order chi connectivity index (χ0) is 18.7. The smallest absolute Gasteiger partial charge is 0.151 e. The molecule has 138 valence electrons. The van der Waals surface area contributed by atoms with Gasteiger partial charge in [-0.3, -0.25) is 0 Å². The van der Waals surface area contributed by atoms with Crippen molar-refractivity contribution in [2.75, 3.05) is 6.54 Å². The molecule has 3 rings (SSSR count). The first-order chi connectivity index (χ1) is 12.5. The molecule has 1 saturated carbocycles. The minimum atomic E-state index is -0.434. The van der Waals surface area contributed by atoms with Gasteiger partial charge in [0.25, 0.3) is 0 Å². The third-order valence-electron chi connectivity index (χ3n) is 4.52. The maximum Gasteiger partial charge on any atom is 0.151 e. The van der Waals surface area contributed by atoms with Gasteiger partial charge in [0, 0.05) is 24.2 Å². The number of halogens is 2. The molecule has 8 heteroatoms. The van der Waals surface area contributed by atoms with Crippen LogP contribution in [0.4, 0.5) is 4.39 Å². The molecule has 1 fully saturated rings. The van der Waals surface area contributed by atoms with Crippen molar-refractivity contribution < 1.29 is 9.50 Å². The lowest BCUT2D eigenvalue weighted by molar-refractivity contribution is 0.280. The van der Waals surface area contributed by atoms with Gasteiger partial charge in [0.2, 0.25) is 0 Å². The second-order valence-electron chi connectivity index (χ2n) is 6.49. The molecule has 1 atom stereocenters. The monoisotopic (exact) mass is 377 g/mol. The highest BCUT2D eigenvalue weighted by molar-refractivity contribution is 6.29. The van der Waals surface area contributed by atoms with Crippen LogP contribution in [0.25, 0.3) is 5.69 Å². The molecular weight excluding hydrogens is 357 g/mol. The molecule has 6 nitrogen and oxygen atoms in total. The summed E-state index contributed by atoms with van der Waals surface area (Å²) < 4.78 is 15.1. The van der Waals surface area contributed by atoms with Crippen LogP contribution in [0.2, 0.25) is 5.15 Å². The first-order valence-electron chi connectivity index (χ1n) is 8.49. The Kier molecular flexibility index (Phi) is 5.68. The van der Waals surface area contributed by atoms with Crippen molar-refractivity contribution in [2.45, 2.75) is 32.3 Å². The van der Waals surface area contributed by atoms with Crippen LogP contribution in [-0.2, 0) is 6.61 Å². The first-order valence-corrected chi connectivity index (χ1v) is 8.87. The van der Waals surface area contributed by atoms with Gasteiger partial charge >= 0.3 is 0 Å². The van der Waals surface area contributed by atoms with Gasteiger partial charge in [-0.1, -0.05) is 18.5 Å². The molecule has 1 aliphatic rings. The summed E-state index contributed by atoms with van der Waals surface area (Å²) in [6, 6.07) is 5.81. The highest BCUT2D eigenvalue weighted by Gasteiger charge is 2.22. The normalized spacial score (nSPS) is 15.8. The van der Waals surface area contributed by atoms with E-state index in [1.54, 1.807) is 23.0 Å². The van der Waals surface area contributed by atoms with Crippen LogP contribution in [0.3, 0.4) is 0 Å². The summed E-state index contributed by atoms with van der Waals surface area (Å²) in [5.41, 5.74) is 9.67. The minimum absolute atomic E-state index is 0.268. The molecule has 1 aromatic heterocycles. The second-order valence-corrected chi connectivity index (χ2v) is 6.88. The highest BCUT2D eigenvalue weighted by Crippen LogP contribution is 2.31. The second kappa shape index (κ2) is 7.97. The summed E-state index contributed by atoms with van der Waals surface area (Å²) in [6.45, 7) is 2.44. The molecule has 1 aromatic carbocycles. The number of benzene rings is 1. The minimum Gasteiger partial charge on any atom is -0.392 e. The fourth-order valence-electron chi connectivity index (χ4n) is 2.81. The van der Waals surface area contributed by atoms with Crippen molar-refractivity contribution >= 4 is 11.6 Å². The van der Waals surface area contributed by atoms with Gasteiger partial charge in [-0.2, -0.15) is 10.2 Å². The van der Waals surface area contributed by atoms with E-state index in [0.717, 1.165) is 6.54 Å². The quantitative estimate of drug-likeness (QED) is 0.604. The maximum absolute atomic E-state index is 13.5. The first kappa shape index (κ1) is 18.5. The Morgan fingerprint density at radius 1 is 1.54 bits per heavy atom. The third kappa shape index (κ3) is 4.11. The summed E-state index contributed by atoms with van der Waals surface area (Å²) in [7, 11) is 0. The number of allylic oxidation sites excluding steroid dienone is 1. The van der Waals surface area contributed by atoms with Crippen LogP contribution in [0.1, 0.15) is 36.9 Å². The predicted molar refractivity (Wildman–Crippen MR) is 96.8 cm³/mol. The molecule has 0 radical (unpaired) electrons. The number of nitrogens with one attached hydrogen (secondary N) is 2. The molecular formula is C18H21ClFN5O. The van der Waals surface area contributed by atoms with Crippen molar-refractivity contribution in [3.05, 3.63) is 58.4 Å². The van der Waals surface area contributed by atoms with Gasteiger partial charge in [-0.25, -0.2) is 14.6 Å². The van der Waals surface area contributed by atoms with Crippen LogP contribution in [0.5, 0.6) is 0 Å². The van der Waals surface area contributed by atoms with E-state index in [0.29, 0.717) is 28.6 Å². The number of nitrogens with zero attached hydrogens (tertiary/aromatic N) is 3. The van der Waals surface area contributed by atoms with E-state index in [9.17, 15) is 9.50 Å². The summed E-state index contributed by atoms with van der Waals surface area (Å²) >= 11 is 6.11. The lowest BCUT2D eigenvalue weighted by Gasteiger charge is -2.16. The van der Waals surface area contributed by atoms with Crippen LogP contribution < -0.4 is 5.32 Å². The summed E-state index contributed by atoms with van der Waals surface area (Å²) in [5, 5.41) is 21.0. The Balaban J connectivity index is 1.93. The van der Waals surface area contributed by atoms with Crippen LogP contribution in [-0.4, -0.2) is 21.4 Å². The molecule has 0 amide bonds. The lowest BCUT2D eigenvalue weighted by Crippen LogP contribution is -2.13. The SMILES string of the molecule is CC(/C(=C/NCC1CC1)N=N)c1cc(Cl)nn1-c1ccc(F)cc1CO. The molecule has 0 saturated heterocycles. The largest absolute Gasteiger partial charge is 0.392 e. The highest BCUT2D eigenvalue weighted by atomic mass is 35.5. The average Bonchev–Trinajstić information content (AvgIpc) is 3.38. The van der Waals surface area contributed by atoms with Gasteiger partial charge in [0.15, 0.2) is 5.15 Å². The maximum atomic E-state index is 13.5. The molecule has 2 aromatic rings. The lowest BCUT2D eigenvalue weighted by atomic mass is 10.0. The van der Waals surface area contributed by atoms with Crippen LogP contribution in [0, 0.1) is 17.3 Å². The Hall–Kier alpha value is -2.25. The van der Waals surface area contributed by atoms with E-state index >= 15 is 0 Å². The topological polar surface area (TPSA) is 86.3 Å². The fourth-order valence-corrected chi connectivity index (χ4v) is 3.00. The number of hydrogen-bond acceptors (Lipinski definition) is 5. The van der Waals surface area contributed by atoms with Crippen molar-refractivity contribution in [1.82, 2.24) is 15.1 Å². The van der Waals surface area contributed by atoms with E-state index in [-0.39, 0.29) is 17.7 Å². The molecule has 1 heterocycles. The standard InChI is InChI=1S/C18H21ClFN5O/c1-11(15(23-21)9-22-8-12-2-3-12)17-7-18(19)24-25(17)16-5-4-14(20)6-13(16)10-26/h4-7,9,11-12,21-22,26H,2-3,8,10H2,1H3/b15-9-,23-21?. The molecule has 0 spiro atoms. The van der Waals surface area contributed by atoms with Crippen molar-refractivity contribution in [3.63, 3.8) is 0 Å². The number of aromatic nitrogens is 2. The molecule has 0 aliphatic heterocycles. The van der Waals surface area contributed by atoms with E-state index in [2.05, 4.69) is 15.5 Å². The van der Waals surface area contributed by atoms with Gasteiger partial charge in [-0.05, 0) is 43.0 Å². The third-order valence-corrected chi connectivity index (χ3v) is 4.70. The molecule has 26 heavy (non-hydrogen) atoms. The Morgan fingerprint density at radius 3 is 2.96 bits per heavy atom. The molecule has 1 aliphatic carbocycles. The number of hydrogen-bond donors (Lipinski definition) is 3. The predicted octanol–water partition coefficient (Wildman–Crippen LogP) is 4.13. The van der Waals surface area contributed by atoms with Crippen molar-refractivity contribution in [1.29, 1.82) is 5.53 Å². The molecule has 1 unspecified atom stereocenters. The zero-order valence-electron chi connectivity index (χ0n) is 14.4. The van der Waals surface area contributed by atoms with Gasteiger partial charge in [-0.15, -0.1) is 0 Å². The van der Waals surface area contributed by atoms with Gasteiger partial charge < -0.3 is 10.4 Å². The van der Waals surface area contributed by atoms with Gasteiger partial charge in [0.05, 0.1) is 23.7 Å². The van der Waals surface area contributed by atoms with E-state index < -0.39 is 5.82 Å². The zero-order valence-corrected chi connectivity index (χ0v) is 15.2. The Morgan fingerprint density at radius 2 is 2.31 bits per heavy atom. The Labute approximate surface area is 156 Å².